The minimum atomic E-state index is 0.0240. The number of hydrogen-bond donors (Lipinski definition) is 1. The molecule has 0 bridgehead atoms. The largest absolute Gasteiger partial charge is 0.329 e. The van der Waals surface area contributed by atoms with Gasteiger partial charge in [-0.25, -0.2) is 0 Å². The van der Waals surface area contributed by atoms with Gasteiger partial charge in [-0.1, -0.05) is 13.8 Å². The first-order valence-electron chi connectivity index (χ1n) is 7.43. The maximum absolute atomic E-state index is 5.90. The zero-order chi connectivity index (χ0) is 14.5. The van der Waals surface area contributed by atoms with Gasteiger partial charge in [-0.05, 0) is 46.2 Å². The Hall–Kier alpha value is -0.870. The van der Waals surface area contributed by atoms with E-state index in [2.05, 4.69) is 61.6 Å². The molecule has 0 aromatic carbocycles. The summed E-state index contributed by atoms with van der Waals surface area (Å²) in [4.78, 5) is 2.43. The maximum atomic E-state index is 5.90. The summed E-state index contributed by atoms with van der Waals surface area (Å²) < 4.78 is 2.06. The molecule has 2 N–H and O–H groups in total. The average Bonchev–Trinajstić information content (AvgIpc) is 2.86. The molecule has 0 saturated carbocycles. The molecule has 0 aliphatic carbocycles. The van der Waals surface area contributed by atoms with E-state index in [1.165, 1.54) is 0 Å². The van der Waals surface area contributed by atoms with Crippen molar-refractivity contribution in [1.29, 1.82) is 0 Å². The van der Waals surface area contributed by atoms with E-state index in [1.54, 1.807) is 0 Å². The quantitative estimate of drug-likeness (QED) is 0.787. The zero-order valence-electron chi connectivity index (χ0n) is 13.2. The molecule has 110 valence electrons. The van der Waals surface area contributed by atoms with Crippen molar-refractivity contribution in [2.75, 3.05) is 13.1 Å². The van der Waals surface area contributed by atoms with Crippen molar-refractivity contribution >= 4 is 0 Å². The van der Waals surface area contributed by atoms with Gasteiger partial charge < -0.3 is 5.73 Å². The zero-order valence-corrected chi connectivity index (χ0v) is 13.2. The Labute approximate surface area is 118 Å². The van der Waals surface area contributed by atoms with Crippen LogP contribution in [0.15, 0.2) is 12.3 Å². The van der Waals surface area contributed by atoms with Crippen molar-refractivity contribution in [2.24, 2.45) is 5.73 Å². The van der Waals surface area contributed by atoms with E-state index in [4.69, 9.17) is 5.73 Å². The number of rotatable bonds is 8. The highest BCUT2D eigenvalue weighted by Gasteiger charge is 2.25. The molecule has 0 radical (unpaired) electrons. The van der Waals surface area contributed by atoms with Crippen LogP contribution in [0.1, 0.15) is 59.2 Å². The maximum Gasteiger partial charge on any atom is 0.0765 e. The predicted molar refractivity (Wildman–Crippen MR) is 81.1 cm³/mol. The topological polar surface area (TPSA) is 47.1 Å². The lowest BCUT2D eigenvalue weighted by Crippen LogP contribution is -2.49. The number of nitrogens with zero attached hydrogens (tertiary/aromatic N) is 3. The number of nitrogens with two attached hydrogens (primary N) is 1. The molecular formula is C15H30N4. The summed E-state index contributed by atoms with van der Waals surface area (Å²) in [5, 5.41) is 4.69. The predicted octanol–water partition coefficient (Wildman–Crippen LogP) is 2.80. The van der Waals surface area contributed by atoms with Crippen LogP contribution in [0.2, 0.25) is 0 Å². The first-order chi connectivity index (χ1) is 8.94. The Morgan fingerprint density at radius 3 is 2.63 bits per heavy atom. The molecule has 1 atom stereocenters. The van der Waals surface area contributed by atoms with Gasteiger partial charge in [0.1, 0.15) is 0 Å². The second kappa shape index (κ2) is 7.06. The molecule has 4 nitrogen and oxygen atoms in total. The molecule has 1 unspecified atom stereocenters. The summed E-state index contributed by atoms with van der Waals surface area (Å²) in [5.41, 5.74) is 7.06. The van der Waals surface area contributed by atoms with Crippen molar-refractivity contribution in [1.82, 2.24) is 14.7 Å². The molecule has 4 heteroatoms. The van der Waals surface area contributed by atoms with Crippen LogP contribution in [-0.2, 0) is 6.54 Å². The van der Waals surface area contributed by atoms with Crippen molar-refractivity contribution in [3.8, 4) is 0 Å². The molecule has 1 aromatic rings. The summed E-state index contributed by atoms with van der Waals surface area (Å²) in [5.74, 6) is 0. The van der Waals surface area contributed by atoms with Gasteiger partial charge in [0.25, 0.3) is 0 Å². The Morgan fingerprint density at radius 2 is 2.11 bits per heavy atom. The Morgan fingerprint density at radius 1 is 1.42 bits per heavy atom. The van der Waals surface area contributed by atoms with E-state index in [1.807, 2.05) is 0 Å². The summed E-state index contributed by atoms with van der Waals surface area (Å²) in [6, 6.07) is 2.59. The first-order valence-corrected chi connectivity index (χ1v) is 7.43. The first kappa shape index (κ1) is 16.2. The summed E-state index contributed by atoms with van der Waals surface area (Å²) in [6.07, 6.45) is 4.33. The van der Waals surface area contributed by atoms with Crippen LogP contribution in [0.25, 0.3) is 0 Å². The van der Waals surface area contributed by atoms with E-state index >= 15 is 0 Å². The molecule has 1 rings (SSSR count). The summed E-state index contributed by atoms with van der Waals surface area (Å²) in [7, 11) is 0. The molecule has 1 heterocycles. The Kier molecular flexibility index (Phi) is 6.01. The van der Waals surface area contributed by atoms with Gasteiger partial charge in [-0.2, -0.15) is 5.10 Å². The van der Waals surface area contributed by atoms with Crippen LogP contribution in [0.4, 0.5) is 0 Å². The normalized spacial score (nSPS) is 14.1. The van der Waals surface area contributed by atoms with Crippen molar-refractivity contribution in [3.05, 3.63) is 18.0 Å². The molecule has 0 aliphatic rings. The van der Waals surface area contributed by atoms with Crippen LogP contribution in [0.5, 0.6) is 0 Å². The molecule has 1 aromatic heterocycles. The van der Waals surface area contributed by atoms with Crippen molar-refractivity contribution in [3.63, 3.8) is 0 Å². The van der Waals surface area contributed by atoms with E-state index in [9.17, 15) is 0 Å². The highest BCUT2D eigenvalue weighted by molar-refractivity contribution is 5.01. The van der Waals surface area contributed by atoms with Crippen LogP contribution >= 0.6 is 0 Å². The number of hydrogen-bond acceptors (Lipinski definition) is 3. The van der Waals surface area contributed by atoms with Crippen LogP contribution in [-0.4, -0.2) is 33.3 Å². The molecule has 0 spiro atoms. The second-order valence-corrected chi connectivity index (χ2v) is 5.98. The van der Waals surface area contributed by atoms with Gasteiger partial charge in [0.05, 0.1) is 5.69 Å². The molecular weight excluding hydrogens is 236 g/mol. The van der Waals surface area contributed by atoms with Gasteiger partial charge in [-0.3, -0.25) is 9.58 Å². The van der Waals surface area contributed by atoms with E-state index in [0.29, 0.717) is 12.6 Å². The third-order valence-electron chi connectivity index (χ3n) is 3.91. The van der Waals surface area contributed by atoms with Gasteiger partial charge >= 0.3 is 0 Å². The standard InChI is InChI=1S/C15H30N4/c1-6-9-18(15(4,5)12-16)11-14-8-10-19(17-14)13(3)7-2/h8,10,13H,6-7,9,11-12,16H2,1-5H3. The third kappa shape index (κ3) is 4.32. The fourth-order valence-corrected chi connectivity index (χ4v) is 2.08. The smallest absolute Gasteiger partial charge is 0.0765 e. The lowest BCUT2D eigenvalue weighted by atomic mass is 10.0. The second-order valence-electron chi connectivity index (χ2n) is 5.98. The van der Waals surface area contributed by atoms with E-state index in [0.717, 1.165) is 31.6 Å². The van der Waals surface area contributed by atoms with E-state index in [-0.39, 0.29) is 5.54 Å². The van der Waals surface area contributed by atoms with Crippen LogP contribution < -0.4 is 5.73 Å². The summed E-state index contributed by atoms with van der Waals surface area (Å²) >= 11 is 0. The molecule has 0 saturated heterocycles. The Balaban J connectivity index is 2.77. The monoisotopic (exact) mass is 266 g/mol. The Bertz CT molecular complexity index is 370. The minimum absolute atomic E-state index is 0.0240. The minimum Gasteiger partial charge on any atom is -0.329 e. The molecule has 0 amide bonds. The van der Waals surface area contributed by atoms with E-state index < -0.39 is 0 Å². The third-order valence-corrected chi connectivity index (χ3v) is 3.91. The van der Waals surface area contributed by atoms with Crippen molar-refractivity contribution < 1.29 is 0 Å². The van der Waals surface area contributed by atoms with Crippen LogP contribution in [0.3, 0.4) is 0 Å². The lowest BCUT2D eigenvalue weighted by Gasteiger charge is -2.37. The fraction of sp³-hybridized carbons (Fsp3) is 0.800. The fourth-order valence-electron chi connectivity index (χ4n) is 2.08. The summed E-state index contributed by atoms with van der Waals surface area (Å²) in [6.45, 7) is 13.6. The van der Waals surface area contributed by atoms with Gasteiger partial charge in [0, 0.05) is 30.9 Å². The van der Waals surface area contributed by atoms with Crippen molar-refractivity contribution in [2.45, 2.75) is 65.6 Å². The van der Waals surface area contributed by atoms with Crippen LogP contribution in [0, 0.1) is 0 Å². The lowest BCUT2D eigenvalue weighted by molar-refractivity contribution is 0.116. The van der Waals surface area contributed by atoms with Gasteiger partial charge in [-0.15, -0.1) is 0 Å². The van der Waals surface area contributed by atoms with Gasteiger partial charge in [0.15, 0.2) is 0 Å². The number of aromatic nitrogens is 2. The van der Waals surface area contributed by atoms with Gasteiger partial charge in [0.2, 0.25) is 0 Å². The highest BCUT2D eigenvalue weighted by Crippen LogP contribution is 2.17. The molecule has 0 fully saturated rings. The molecule has 19 heavy (non-hydrogen) atoms. The average molecular weight is 266 g/mol. The molecule has 0 aliphatic heterocycles. The SMILES string of the molecule is CCCN(Cc1ccn(C(C)CC)n1)C(C)(C)CN. The highest BCUT2D eigenvalue weighted by atomic mass is 15.3.